The Balaban J connectivity index is 1.51. The number of ether oxygens (including phenoxy) is 1. The third kappa shape index (κ3) is 2.96. The Hall–Kier alpha value is -2.41. The number of benzene rings is 1. The summed E-state index contributed by atoms with van der Waals surface area (Å²) < 4.78 is 7.36. The standard InChI is InChI=1S/C19H25N5O2/c1-12-18(22-23-24(12)13-8-10-20-11-9-13)19(25)21-16-7-6-15-14(16)4-3-5-17(15)26-2/h3-5,13,16,20H,6-11H2,1-2H3,(H,21,25). The van der Waals surface area contributed by atoms with Gasteiger partial charge in [-0.2, -0.15) is 0 Å². The first kappa shape index (κ1) is 17.0. The average Bonchev–Trinajstić information content (AvgIpc) is 3.26. The van der Waals surface area contributed by atoms with Gasteiger partial charge >= 0.3 is 0 Å². The molecule has 0 radical (unpaired) electrons. The lowest BCUT2D eigenvalue weighted by atomic mass is 10.1. The van der Waals surface area contributed by atoms with Crippen molar-refractivity contribution in [2.45, 2.75) is 44.7 Å². The van der Waals surface area contributed by atoms with Crippen LogP contribution >= 0.6 is 0 Å². The van der Waals surface area contributed by atoms with Crippen molar-refractivity contribution >= 4 is 5.91 Å². The van der Waals surface area contributed by atoms with E-state index in [1.54, 1.807) is 7.11 Å². The largest absolute Gasteiger partial charge is 0.496 e. The van der Waals surface area contributed by atoms with E-state index >= 15 is 0 Å². The number of aromatic nitrogens is 3. The van der Waals surface area contributed by atoms with Crippen LogP contribution in [0.1, 0.15) is 58.7 Å². The van der Waals surface area contributed by atoms with Gasteiger partial charge in [-0.3, -0.25) is 4.79 Å². The number of rotatable bonds is 4. The summed E-state index contributed by atoms with van der Waals surface area (Å²) in [5.74, 6) is 0.746. The summed E-state index contributed by atoms with van der Waals surface area (Å²) in [5.41, 5.74) is 3.61. The number of nitrogens with one attached hydrogen (secondary N) is 2. The molecule has 7 nitrogen and oxygen atoms in total. The van der Waals surface area contributed by atoms with Crippen LogP contribution in [0.2, 0.25) is 0 Å². The fourth-order valence-corrected chi connectivity index (χ4v) is 4.14. The zero-order valence-corrected chi connectivity index (χ0v) is 15.3. The molecule has 4 rings (SSSR count). The lowest BCUT2D eigenvalue weighted by molar-refractivity contribution is 0.0931. The van der Waals surface area contributed by atoms with Gasteiger partial charge in [0.05, 0.1) is 24.9 Å². The van der Waals surface area contributed by atoms with Crippen LogP contribution < -0.4 is 15.4 Å². The molecular weight excluding hydrogens is 330 g/mol. The molecule has 1 fully saturated rings. The number of carbonyl (C=O) groups excluding carboxylic acids is 1. The molecule has 1 aromatic carbocycles. The topological polar surface area (TPSA) is 81.1 Å². The van der Waals surface area contributed by atoms with Gasteiger partial charge in [-0.1, -0.05) is 17.3 Å². The molecule has 0 bridgehead atoms. The first-order valence-electron chi connectivity index (χ1n) is 9.28. The molecule has 1 aliphatic carbocycles. The van der Waals surface area contributed by atoms with Crippen molar-refractivity contribution < 1.29 is 9.53 Å². The van der Waals surface area contributed by atoms with Crippen LogP contribution in [0.4, 0.5) is 0 Å². The molecule has 1 aromatic heterocycles. The first-order valence-corrected chi connectivity index (χ1v) is 9.28. The highest BCUT2D eigenvalue weighted by Gasteiger charge is 2.29. The number of nitrogens with zero attached hydrogens (tertiary/aromatic N) is 3. The molecule has 0 saturated carbocycles. The summed E-state index contributed by atoms with van der Waals surface area (Å²) in [6, 6.07) is 6.32. The van der Waals surface area contributed by atoms with Crippen LogP contribution in [-0.4, -0.2) is 41.1 Å². The van der Waals surface area contributed by atoms with Crippen molar-refractivity contribution in [3.63, 3.8) is 0 Å². The molecule has 2 heterocycles. The summed E-state index contributed by atoms with van der Waals surface area (Å²) in [4.78, 5) is 12.8. The van der Waals surface area contributed by atoms with E-state index in [0.29, 0.717) is 11.7 Å². The van der Waals surface area contributed by atoms with Crippen LogP contribution in [0.3, 0.4) is 0 Å². The van der Waals surface area contributed by atoms with Crippen LogP contribution in [0.15, 0.2) is 18.2 Å². The average molecular weight is 355 g/mol. The minimum Gasteiger partial charge on any atom is -0.496 e. The molecule has 1 atom stereocenters. The van der Waals surface area contributed by atoms with E-state index < -0.39 is 0 Å². The summed E-state index contributed by atoms with van der Waals surface area (Å²) in [5, 5.41) is 14.9. The predicted molar refractivity (Wildman–Crippen MR) is 97.4 cm³/mol. The van der Waals surface area contributed by atoms with Gasteiger partial charge in [-0.25, -0.2) is 4.68 Å². The van der Waals surface area contributed by atoms with Crippen molar-refractivity contribution in [1.29, 1.82) is 0 Å². The number of piperidine rings is 1. The molecule has 1 amide bonds. The van der Waals surface area contributed by atoms with Gasteiger partial charge in [0, 0.05) is 0 Å². The molecular formula is C19H25N5O2. The molecule has 138 valence electrons. The Bertz CT molecular complexity index is 810. The number of hydrogen-bond acceptors (Lipinski definition) is 5. The fraction of sp³-hybridized carbons (Fsp3) is 0.526. The van der Waals surface area contributed by atoms with Gasteiger partial charge in [0.25, 0.3) is 5.91 Å². The Kier molecular flexibility index (Phi) is 4.63. The van der Waals surface area contributed by atoms with Crippen LogP contribution in [0.5, 0.6) is 5.75 Å². The maximum Gasteiger partial charge on any atom is 0.274 e. The van der Waals surface area contributed by atoms with Crippen LogP contribution in [-0.2, 0) is 6.42 Å². The monoisotopic (exact) mass is 355 g/mol. The Labute approximate surface area is 153 Å². The summed E-state index contributed by atoms with van der Waals surface area (Å²) >= 11 is 0. The first-order chi connectivity index (χ1) is 12.7. The summed E-state index contributed by atoms with van der Waals surface area (Å²) in [6.45, 7) is 3.89. The van der Waals surface area contributed by atoms with E-state index in [1.165, 1.54) is 5.56 Å². The van der Waals surface area contributed by atoms with E-state index in [4.69, 9.17) is 4.74 Å². The molecule has 1 unspecified atom stereocenters. The van der Waals surface area contributed by atoms with E-state index in [0.717, 1.165) is 55.8 Å². The maximum atomic E-state index is 12.8. The molecule has 0 spiro atoms. The third-order valence-electron chi connectivity index (χ3n) is 5.55. The quantitative estimate of drug-likeness (QED) is 0.876. The lowest BCUT2D eigenvalue weighted by Gasteiger charge is -2.23. The number of amides is 1. The molecule has 1 saturated heterocycles. The lowest BCUT2D eigenvalue weighted by Crippen LogP contribution is -2.31. The van der Waals surface area contributed by atoms with Crippen molar-refractivity contribution in [3.05, 3.63) is 40.7 Å². The predicted octanol–water partition coefficient (Wildman–Crippen LogP) is 1.94. The van der Waals surface area contributed by atoms with Crippen molar-refractivity contribution in [1.82, 2.24) is 25.6 Å². The Morgan fingerprint density at radius 3 is 2.88 bits per heavy atom. The second-order valence-electron chi connectivity index (χ2n) is 7.04. The second kappa shape index (κ2) is 7.07. The minimum absolute atomic E-state index is 0.00368. The van der Waals surface area contributed by atoms with Gasteiger partial charge in [0.15, 0.2) is 5.69 Å². The van der Waals surface area contributed by atoms with Gasteiger partial charge in [0.2, 0.25) is 0 Å². The normalized spacial score (nSPS) is 20.0. The van der Waals surface area contributed by atoms with Gasteiger partial charge in [-0.15, -0.1) is 5.10 Å². The summed E-state index contributed by atoms with van der Waals surface area (Å²) in [7, 11) is 1.68. The maximum absolute atomic E-state index is 12.8. The molecule has 2 aromatic rings. The zero-order chi connectivity index (χ0) is 18.1. The highest BCUT2D eigenvalue weighted by molar-refractivity contribution is 5.93. The number of hydrogen-bond donors (Lipinski definition) is 2. The summed E-state index contributed by atoms with van der Waals surface area (Å²) in [6.07, 6.45) is 3.82. The van der Waals surface area contributed by atoms with E-state index in [2.05, 4.69) is 27.0 Å². The van der Waals surface area contributed by atoms with Gasteiger partial charge in [-0.05, 0) is 62.9 Å². The van der Waals surface area contributed by atoms with E-state index in [9.17, 15) is 4.79 Å². The molecule has 1 aliphatic heterocycles. The zero-order valence-electron chi connectivity index (χ0n) is 15.3. The second-order valence-corrected chi connectivity index (χ2v) is 7.04. The Morgan fingerprint density at radius 2 is 2.12 bits per heavy atom. The third-order valence-corrected chi connectivity index (χ3v) is 5.55. The van der Waals surface area contributed by atoms with Crippen molar-refractivity contribution in [2.24, 2.45) is 0 Å². The molecule has 7 heteroatoms. The Morgan fingerprint density at radius 1 is 1.31 bits per heavy atom. The number of carbonyl (C=O) groups is 1. The molecule has 2 N–H and O–H groups in total. The van der Waals surface area contributed by atoms with E-state index in [1.807, 2.05) is 23.7 Å². The molecule has 2 aliphatic rings. The van der Waals surface area contributed by atoms with Crippen molar-refractivity contribution in [3.8, 4) is 5.75 Å². The SMILES string of the molecule is COc1cccc2c1CCC2NC(=O)c1nnn(C2CCNCC2)c1C. The number of fused-ring (bicyclic) bond motifs is 1. The fourth-order valence-electron chi connectivity index (χ4n) is 4.14. The van der Waals surface area contributed by atoms with E-state index in [-0.39, 0.29) is 11.9 Å². The van der Waals surface area contributed by atoms with Gasteiger partial charge < -0.3 is 15.4 Å². The molecule has 26 heavy (non-hydrogen) atoms. The van der Waals surface area contributed by atoms with Crippen LogP contribution in [0.25, 0.3) is 0 Å². The van der Waals surface area contributed by atoms with Gasteiger partial charge in [0.1, 0.15) is 5.75 Å². The highest BCUT2D eigenvalue weighted by atomic mass is 16.5. The number of methoxy groups -OCH3 is 1. The van der Waals surface area contributed by atoms with Crippen LogP contribution in [0, 0.1) is 6.92 Å². The smallest absolute Gasteiger partial charge is 0.274 e. The highest BCUT2D eigenvalue weighted by Crippen LogP contribution is 2.37. The minimum atomic E-state index is -0.150. The van der Waals surface area contributed by atoms with Crippen molar-refractivity contribution in [2.75, 3.05) is 20.2 Å².